The molecule has 2 fully saturated rings. The SMILES string of the molecule is C=CC(=O)N1CCC(n2nc(-c3ccc(Oc4ccccc4)cc3)c3c(N)ncnc32)C1.Nc1ncnc2c1c(-c1ccc(Oc3ccccc3)cc1)nn2C1CCN(C(=O)C(O)CO)C1. The van der Waals surface area contributed by atoms with Gasteiger partial charge >= 0.3 is 0 Å². The number of aliphatic hydroxyl groups is 2. The van der Waals surface area contributed by atoms with Gasteiger partial charge in [-0.05, 0) is 91.7 Å². The smallest absolute Gasteiger partial charge is 0.253 e. The van der Waals surface area contributed by atoms with Crippen molar-refractivity contribution in [3.8, 4) is 45.5 Å². The fourth-order valence-electron chi connectivity index (χ4n) is 8.22. The predicted octanol–water partition coefficient (Wildman–Crippen LogP) is 5.82. The Balaban J connectivity index is 0.000000166. The number of aromatic nitrogens is 8. The summed E-state index contributed by atoms with van der Waals surface area (Å²) in [4.78, 5) is 44.8. The Hall–Kier alpha value is -8.22. The van der Waals surface area contributed by atoms with Crippen LogP contribution in [0.1, 0.15) is 24.9 Å². The molecule has 10 rings (SSSR count). The molecule has 2 aliphatic rings. The normalized spacial score (nSPS) is 16.2. The summed E-state index contributed by atoms with van der Waals surface area (Å²) in [6.07, 6.45) is 4.17. The molecular weight excluding hydrogens is 841 g/mol. The lowest BCUT2D eigenvalue weighted by Crippen LogP contribution is -2.39. The second kappa shape index (κ2) is 18.9. The van der Waals surface area contributed by atoms with Gasteiger partial charge in [-0.2, -0.15) is 10.2 Å². The Labute approximate surface area is 378 Å². The number of aliphatic hydroxyl groups excluding tert-OH is 2. The molecule has 66 heavy (non-hydrogen) atoms. The Morgan fingerprint density at radius 3 is 1.52 bits per heavy atom. The van der Waals surface area contributed by atoms with Crippen LogP contribution in [0.5, 0.6) is 23.0 Å². The van der Waals surface area contributed by atoms with Crippen molar-refractivity contribution >= 4 is 45.5 Å². The average Bonchev–Trinajstić information content (AvgIpc) is 4.19. The van der Waals surface area contributed by atoms with Gasteiger partial charge in [0.1, 0.15) is 58.7 Å². The number of hydrogen-bond acceptors (Lipinski definition) is 14. The molecule has 6 N–H and O–H groups in total. The van der Waals surface area contributed by atoms with Crippen LogP contribution in [0.25, 0.3) is 44.6 Å². The first-order valence-corrected chi connectivity index (χ1v) is 21.3. The van der Waals surface area contributed by atoms with E-state index in [0.717, 1.165) is 34.8 Å². The summed E-state index contributed by atoms with van der Waals surface area (Å²) >= 11 is 0. The predicted molar refractivity (Wildman–Crippen MR) is 247 cm³/mol. The molecule has 0 saturated carbocycles. The maximum atomic E-state index is 12.3. The van der Waals surface area contributed by atoms with Crippen molar-refractivity contribution < 1.29 is 29.3 Å². The van der Waals surface area contributed by atoms with E-state index < -0.39 is 18.6 Å². The van der Waals surface area contributed by atoms with E-state index in [9.17, 15) is 14.7 Å². The summed E-state index contributed by atoms with van der Waals surface area (Å²) < 4.78 is 15.4. The number of fused-ring (bicyclic) bond motifs is 2. The van der Waals surface area contributed by atoms with Gasteiger partial charge in [-0.25, -0.2) is 29.3 Å². The van der Waals surface area contributed by atoms with E-state index in [-0.39, 0.29) is 18.0 Å². The molecule has 0 bridgehead atoms. The molecule has 334 valence electrons. The molecule has 4 aromatic heterocycles. The van der Waals surface area contributed by atoms with E-state index in [2.05, 4.69) is 26.5 Å². The van der Waals surface area contributed by atoms with Crippen molar-refractivity contribution in [1.82, 2.24) is 49.3 Å². The summed E-state index contributed by atoms with van der Waals surface area (Å²) in [7, 11) is 0. The van der Waals surface area contributed by atoms with E-state index in [1.807, 2.05) is 114 Å². The molecule has 18 nitrogen and oxygen atoms in total. The van der Waals surface area contributed by atoms with E-state index in [1.54, 1.807) is 9.58 Å². The largest absolute Gasteiger partial charge is 0.457 e. The van der Waals surface area contributed by atoms with Crippen LogP contribution >= 0.6 is 0 Å². The van der Waals surface area contributed by atoms with E-state index >= 15 is 0 Å². The van der Waals surface area contributed by atoms with Crippen LogP contribution < -0.4 is 20.9 Å². The van der Waals surface area contributed by atoms with Crippen LogP contribution in [0.3, 0.4) is 0 Å². The van der Waals surface area contributed by atoms with Gasteiger partial charge in [0.15, 0.2) is 17.4 Å². The number of nitrogen functional groups attached to an aromatic ring is 2. The zero-order valence-electron chi connectivity index (χ0n) is 35.7. The van der Waals surface area contributed by atoms with Gasteiger partial charge in [-0.3, -0.25) is 9.59 Å². The standard InChI is InChI=1S/C24H24N6O4.C24H22N6O2/c25-22-20-21(15-6-8-18(9-7-15)34-17-4-2-1-3-5-17)28-30(23(20)27-14-26-22)16-10-11-29(12-16)24(33)19(32)13-31;1-2-20(31)29-13-12-17(14-29)30-24-21(23(25)26-15-27-24)22(28-30)16-8-10-19(11-9-16)32-18-6-4-3-5-7-18/h1-9,14,16,19,31-32H,10-13H2,(H2,25,26,27);2-11,15,17H,1,12-14H2,(H2,25,26,27). The fraction of sp³-hybridized carbons (Fsp3) is 0.208. The zero-order chi connectivity index (χ0) is 45.7. The van der Waals surface area contributed by atoms with Gasteiger partial charge in [0.2, 0.25) is 5.91 Å². The first kappa shape index (κ1) is 43.1. The molecular formula is C48H46N12O6. The molecule has 3 atom stereocenters. The van der Waals surface area contributed by atoms with Gasteiger partial charge in [-0.15, -0.1) is 0 Å². The third-order valence-corrected chi connectivity index (χ3v) is 11.5. The lowest BCUT2D eigenvalue weighted by Gasteiger charge is -2.19. The van der Waals surface area contributed by atoms with E-state index in [0.29, 0.717) is 83.4 Å². The van der Waals surface area contributed by atoms with Crippen LogP contribution in [0.4, 0.5) is 11.6 Å². The first-order chi connectivity index (χ1) is 32.2. The number of ether oxygens (including phenoxy) is 2. The number of carbonyl (C=O) groups excluding carboxylic acids is 2. The van der Waals surface area contributed by atoms with Gasteiger partial charge < -0.3 is 41.0 Å². The highest BCUT2D eigenvalue weighted by atomic mass is 16.5. The molecule has 2 amide bonds. The second-order valence-electron chi connectivity index (χ2n) is 15.7. The molecule has 4 aromatic carbocycles. The number of likely N-dealkylation sites (tertiary alicyclic amines) is 2. The van der Waals surface area contributed by atoms with Crippen LogP contribution in [0.2, 0.25) is 0 Å². The number of nitrogens with two attached hydrogens (primary N) is 2. The summed E-state index contributed by atoms with van der Waals surface area (Å²) in [5, 5.41) is 29.8. The van der Waals surface area contributed by atoms with Crippen LogP contribution in [0, 0.1) is 0 Å². The van der Waals surface area contributed by atoms with Crippen molar-refractivity contribution in [3.63, 3.8) is 0 Å². The maximum absolute atomic E-state index is 12.3. The Morgan fingerprint density at radius 1 is 0.652 bits per heavy atom. The monoisotopic (exact) mass is 886 g/mol. The summed E-state index contributed by atoms with van der Waals surface area (Å²) in [5.41, 5.74) is 16.7. The van der Waals surface area contributed by atoms with Gasteiger partial charge in [-0.1, -0.05) is 43.0 Å². The maximum Gasteiger partial charge on any atom is 0.253 e. The van der Waals surface area contributed by atoms with Crippen molar-refractivity contribution in [2.75, 3.05) is 44.3 Å². The lowest BCUT2D eigenvalue weighted by molar-refractivity contribution is -0.141. The minimum absolute atomic E-state index is 0.00476. The Kier molecular flexibility index (Phi) is 12.3. The zero-order valence-corrected chi connectivity index (χ0v) is 35.7. The minimum atomic E-state index is -1.42. The summed E-state index contributed by atoms with van der Waals surface area (Å²) in [6, 6.07) is 34.2. The number of carbonyl (C=O) groups is 2. The van der Waals surface area contributed by atoms with Gasteiger partial charge in [0.25, 0.3) is 5.91 Å². The number of benzene rings is 4. The average molecular weight is 887 g/mol. The van der Waals surface area contributed by atoms with Crippen molar-refractivity contribution in [2.45, 2.75) is 31.0 Å². The molecule has 0 spiro atoms. The molecule has 0 radical (unpaired) electrons. The topological polar surface area (TPSA) is 239 Å². The van der Waals surface area contributed by atoms with Gasteiger partial charge in [0, 0.05) is 37.3 Å². The van der Waals surface area contributed by atoms with E-state index in [1.165, 1.54) is 23.6 Å². The molecule has 0 aliphatic carbocycles. The molecule has 2 aliphatic heterocycles. The van der Waals surface area contributed by atoms with Crippen molar-refractivity contribution in [2.24, 2.45) is 0 Å². The molecule has 8 aromatic rings. The Morgan fingerprint density at radius 2 is 1.08 bits per heavy atom. The van der Waals surface area contributed by atoms with Crippen LogP contribution in [-0.4, -0.2) is 110 Å². The highest BCUT2D eigenvalue weighted by Gasteiger charge is 2.33. The molecule has 2 saturated heterocycles. The van der Waals surface area contributed by atoms with Crippen molar-refractivity contribution in [3.05, 3.63) is 135 Å². The quantitative estimate of drug-likeness (QED) is 0.112. The summed E-state index contributed by atoms with van der Waals surface area (Å²) in [5.74, 6) is 3.05. The Bertz CT molecular complexity index is 3000. The van der Waals surface area contributed by atoms with E-state index in [4.69, 9.17) is 36.2 Å². The van der Waals surface area contributed by atoms with Crippen LogP contribution in [0.15, 0.2) is 135 Å². The molecule has 3 unspecified atom stereocenters. The third kappa shape index (κ3) is 8.82. The number of nitrogens with zero attached hydrogens (tertiary/aromatic N) is 10. The number of amides is 2. The van der Waals surface area contributed by atoms with Crippen molar-refractivity contribution in [1.29, 1.82) is 0 Å². The number of para-hydroxylation sites is 2. The number of anilines is 2. The van der Waals surface area contributed by atoms with Crippen LogP contribution in [-0.2, 0) is 9.59 Å². The fourth-order valence-corrected chi connectivity index (χ4v) is 8.22. The highest BCUT2D eigenvalue weighted by Crippen LogP contribution is 2.37. The summed E-state index contributed by atoms with van der Waals surface area (Å²) in [6.45, 7) is 4.97. The third-order valence-electron chi connectivity index (χ3n) is 11.5. The highest BCUT2D eigenvalue weighted by molar-refractivity contribution is 5.99. The number of rotatable bonds is 11. The molecule has 18 heteroatoms. The minimum Gasteiger partial charge on any atom is -0.457 e. The number of hydrogen-bond donors (Lipinski definition) is 4. The second-order valence-corrected chi connectivity index (χ2v) is 15.7. The lowest BCUT2D eigenvalue weighted by atomic mass is 10.1. The van der Waals surface area contributed by atoms with Gasteiger partial charge in [0.05, 0.1) is 29.5 Å². The molecule has 6 heterocycles. The first-order valence-electron chi connectivity index (χ1n) is 21.3.